The number of nitrogens with zero attached hydrogens (tertiary/aromatic N) is 2. The van der Waals surface area contributed by atoms with Crippen LogP contribution in [0.3, 0.4) is 0 Å². The Kier molecular flexibility index (Phi) is 2.34. The van der Waals surface area contributed by atoms with Gasteiger partial charge in [-0.05, 0) is 37.5 Å². The van der Waals surface area contributed by atoms with Gasteiger partial charge in [0.05, 0.1) is 11.9 Å². The molecular formula is C12H18N4O. The fourth-order valence-electron chi connectivity index (χ4n) is 2.48. The Balaban J connectivity index is 1.73. The lowest BCUT2D eigenvalue weighted by molar-refractivity contribution is 0.0917. The summed E-state index contributed by atoms with van der Waals surface area (Å²) in [6, 6.07) is 0.358. The van der Waals surface area contributed by atoms with E-state index in [1.165, 1.54) is 31.9 Å². The smallest absolute Gasteiger partial charge is 0.271 e. The van der Waals surface area contributed by atoms with E-state index in [0.717, 1.165) is 0 Å². The molecule has 92 valence electrons. The Morgan fingerprint density at radius 2 is 2.06 bits per heavy atom. The van der Waals surface area contributed by atoms with Gasteiger partial charge in [-0.1, -0.05) is 0 Å². The second-order valence-electron chi connectivity index (χ2n) is 5.25. The maximum Gasteiger partial charge on any atom is 0.271 e. The molecule has 1 aromatic rings. The zero-order valence-electron chi connectivity index (χ0n) is 10.0. The summed E-state index contributed by atoms with van der Waals surface area (Å²) < 4.78 is 1.54. The zero-order chi connectivity index (χ0) is 12.0. The van der Waals surface area contributed by atoms with E-state index in [1.807, 2.05) is 0 Å². The minimum atomic E-state index is -0.0775. The molecule has 0 radical (unpaired) electrons. The number of rotatable bonds is 4. The molecule has 1 heterocycles. The number of aromatic nitrogens is 2. The van der Waals surface area contributed by atoms with Crippen LogP contribution in [0.5, 0.6) is 0 Å². The van der Waals surface area contributed by atoms with E-state index < -0.39 is 0 Å². The van der Waals surface area contributed by atoms with Crippen LogP contribution in [0.2, 0.25) is 0 Å². The highest BCUT2D eigenvalue weighted by molar-refractivity contribution is 5.97. The molecule has 2 aliphatic rings. The van der Waals surface area contributed by atoms with Crippen molar-refractivity contribution in [3.63, 3.8) is 0 Å². The van der Waals surface area contributed by atoms with Crippen LogP contribution in [0, 0.1) is 11.8 Å². The molecule has 0 bridgehead atoms. The van der Waals surface area contributed by atoms with Gasteiger partial charge in [0, 0.05) is 13.1 Å². The number of hydrogen-bond acceptors (Lipinski definition) is 3. The predicted octanol–water partition coefficient (Wildman–Crippen LogP) is 0.921. The van der Waals surface area contributed by atoms with Gasteiger partial charge in [0.15, 0.2) is 0 Å². The number of carbonyl (C=O) groups excluding carboxylic acids is 1. The topological polar surface area (TPSA) is 72.9 Å². The highest BCUT2D eigenvalue weighted by Gasteiger charge is 2.42. The molecule has 17 heavy (non-hydrogen) atoms. The van der Waals surface area contributed by atoms with Crippen molar-refractivity contribution in [3.8, 4) is 0 Å². The van der Waals surface area contributed by atoms with E-state index in [1.54, 1.807) is 11.7 Å². The lowest BCUT2D eigenvalue weighted by Crippen LogP contribution is -2.39. The van der Waals surface area contributed by atoms with Crippen molar-refractivity contribution in [2.24, 2.45) is 18.9 Å². The van der Waals surface area contributed by atoms with Gasteiger partial charge in [0.1, 0.15) is 5.69 Å². The van der Waals surface area contributed by atoms with Crippen LogP contribution in [0.15, 0.2) is 6.20 Å². The normalized spacial score (nSPS) is 19.6. The lowest BCUT2D eigenvalue weighted by atomic mass is 10.1. The molecule has 5 nitrogen and oxygen atoms in total. The van der Waals surface area contributed by atoms with Gasteiger partial charge < -0.3 is 11.1 Å². The Morgan fingerprint density at radius 1 is 1.47 bits per heavy atom. The first-order valence-electron chi connectivity index (χ1n) is 6.25. The molecule has 0 aliphatic heterocycles. The summed E-state index contributed by atoms with van der Waals surface area (Å²) in [5, 5.41) is 7.14. The first-order chi connectivity index (χ1) is 8.16. The lowest BCUT2D eigenvalue weighted by Gasteiger charge is -2.17. The van der Waals surface area contributed by atoms with Crippen molar-refractivity contribution in [1.82, 2.24) is 15.1 Å². The number of nitrogens with one attached hydrogen (secondary N) is 1. The summed E-state index contributed by atoms with van der Waals surface area (Å²) in [5.74, 6) is 1.31. The Hall–Kier alpha value is -1.52. The number of hydrogen-bond donors (Lipinski definition) is 2. The van der Waals surface area contributed by atoms with E-state index in [2.05, 4.69) is 10.4 Å². The minimum absolute atomic E-state index is 0.0775. The molecule has 3 rings (SSSR count). The number of aryl methyl sites for hydroxylation is 1. The van der Waals surface area contributed by atoms with Crippen LogP contribution in [-0.4, -0.2) is 21.7 Å². The van der Waals surface area contributed by atoms with Crippen LogP contribution >= 0.6 is 0 Å². The van der Waals surface area contributed by atoms with Crippen LogP contribution in [0.4, 0.5) is 5.69 Å². The summed E-state index contributed by atoms with van der Waals surface area (Å²) in [6.07, 6.45) is 6.54. The minimum Gasteiger partial charge on any atom is -0.396 e. The largest absolute Gasteiger partial charge is 0.396 e. The zero-order valence-corrected chi connectivity index (χ0v) is 10.0. The van der Waals surface area contributed by atoms with Crippen LogP contribution < -0.4 is 11.1 Å². The van der Waals surface area contributed by atoms with Gasteiger partial charge in [0.25, 0.3) is 5.91 Å². The summed E-state index contributed by atoms with van der Waals surface area (Å²) >= 11 is 0. The van der Waals surface area contributed by atoms with Gasteiger partial charge in [-0.3, -0.25) is 9.48 Å². The van der Waals surface area contributed by atoms with Crippen molar-refractivity contribution in [2.75, 3.05) is 5.73 Å². The third kappa shape index (κ3) is 2.01. The third-order valence-electron chi connectivity index (χ3n) is 3.74. The van der Waals surface area contributed by atoms with Gasteiger partial charge in [-0.2, -0.15) is 5.10 Å². The SMILES string of the molecule is Cn1ncc(N)c1C(=O)NC(C1CC1)C1CC1. The Morgan fingerprint density at radius 3 is 2.47 bits per heavy atom. The second-order valence-corrected chi connectivity index (χ2v) is 5.25. The average molecular weight is 234 g/mol. The molecule has 0 spiro atoms. The van der Waals surface area contributed by atoms with Gasteiger partial charge in [0.2, 0.25) is 0 Å². The maximum absolute atomic E-state index is 12.2. The Bertz CT molecular complexity index is 414. The summed E-state index contributed by atoms with van der Waals surface area (Å²) in [5.41, 5.74) is 6.69. The molecule has 1 aromatic heterocycles. The van der Waals surface area contributed by atoms with Crippen molar-refractivity contribution in [1.29, 1.82) is 0 Å². The van der Waals surface area contributed by atoms with E-state index in [4.69, 9.17) is 5.73 Å². The molecule has 5 heteroatoms. The molecule has 0 saturated heterocycles. The van der Waals surface area contributed by atoms with E-state index in [-0.39, 0.29) is 5.91 Å². The van der Waals surface area contributed by atoms with Crippen molar-refractivity contribution in [3.05, 3.63) is 11.9 Å². The highest BCUT2D eigenvalue weighted by Crippen LogP contribution is 2.44. The van der Waals surface area contributed by atoms with Crippen LogP contribution in [0.1, 0.15) is 36.2 Å². The van der Waals surface area contributed by atoms with Crippen molar-refractivity contribution >= 4 is 11.6 Å². The molecule has 0 atom stereocenters. The number of nitrogens with two attached hydrogens (primary N) is 1. The average Bonchev–Trinajstić information content (AvgIpc) is 3.15. The first kappa shape index (κ1) is 10.6. The molecule has 2 saturated carbocycles. The quantitative estimate of drug-likeness (QED) is 0.813. The van der Waals surface area contributed by atoms with Gasteiger partial charge in [-0.15, -0.1) is 0 Å². The first-order valence-corrected chi connectivity index (χ1v) is 6.25. The van der Waals surface area contributed by atoms with Crippen LogP contribution in [0.25, 0.3) is 0 Å². The second kappa shape index (κ2) is 3.75. The van der Waals surface area contributed by atoms with E-state index >= 15 is 0 Å². The van der Waals surface area contributed by atoms with E-state index in [0.29, 0.717) is 29.3 Å². The van der Waals surface area contributed by atoms with Gasteiger partial charge >= 0.3 is 0 Å². The monoisotopic (exact) mass is 234 g/mol. The maximum atomic E-state index is 12.2. The molecule has 1 amide bonds. The summed E-state index contributed by atoms with van der Waals surface area (Å²) in [4.78, 5) is 12.2. The van der Waals surface area contributed by atoms with E-state index in [9.17, 15) is 4.79 Å². The number of nitrogen functional groups attached to an aromatic ring is 1. The summed E-state index contributed by atoms with van der Waals surface area (Å²) in [7, 11) is 1.74. The highest BCUT2D eigenvalue weighted by atomic mass is 16.2. The molecule has 2 aliphatic carbocycles. The standard InChI is InChI=1S/C12H18N4O/c1-16-11(9(13)6-14-16)12(17)15-10(7-2-3-7)8-4-5-8/h6-8,10H,2-5,13H2,1H3,(H,15,17). The molecule has 2 fully saturated rings. The third-order valence-corrected chi connectivity index (χ3v) is 3.74. The Labute approximate surface area is 100 Å². The molecular weight excluding hydrogens is 216 g/mol. The number of anilines is 1. The number of carbonyl (C=O) groups is 1. The number of amides is 1. The molecule has 0 aromatic carbocycles. The molecule has 3 N–H and O–H groups in total. The van der Waals surface area contributed by atoms with Gasteiger partial charge in [-0.25, -0.2) is 0 Å². The van der Waals surface area contributed by atoms with Crippen molar-refractivity contribution < 1.29 is 4.79 Å². The van der Waals surface area contributed by atoms with Crippen LogP contribution in [-0.2, 0) is 7.05 Å². The van der Waals surface area contributed by atoms with Crippen molar-refractivity contribution in [2.45, 2.75) is 31.7 Å². The molecule has 0 unspecified atom stereocenters. The fourth-order valence-corrected chi connectivity index (χ4v) is 2.48. The fraction of sp³-hybridized carbons (Fsp3) is 0.667. The predicted molar refractivity (Wildman–Crippen MR) is 64.3 cm³/mol. The summed E-state index contributed by atoms with van der Waals surface area (Å²) in [6.45, 7) is 0.